The standard InChI is InChI=1S/C17H19ClO/c1-13(2)8-9-14-10-11-16(12-17(14)18)19-15-6-4-3-5-7-15/h3-7,10-13H,8-9H2,1-2H3. The van der Waals surface area contributed by atoms with E-state index in [0.717, 1.165) is 29.4 Å². The van der Waals surface area contributed by atoms with Gasteiger partial charge in [-0.05, 0) is 48.6 Å². The first-order valence-corrected chi connectivity index (χ1v) is 7.04. The number of aryl methyl sites for hydroxylation is 1. The number of halogens is 1. The van der Waals surface area contributed by atoms with Crippen LogP contribution >= 0.6 is 11.6 Å². The van der Waals surface area contributed by atoms with E-state index in [1.807, 2.05) is 42.5 Å². The van der Waals surface area contributed by atoms with Gasteiger partial charge in [-0.15, -0.1) is 0 Å². The first-order valence-electron chi connectivity index (χ1n) is 6.66. The van der Waals surface area contributed by atoms with Crippen molar-refractivity contribution in [3.8, 4) is 11.5 Å². The molecule has 0 radical (unpaired) electrons. The summed E-state index contributed by atoms with van der Waals surface area (Å²) in [6.07, 6.45) is 2.17. The summed E-state index contributed by atoms with van der Waals surface area (Å²) >= 11 is 6.30. The lowest BCUT2D eigenvalue weighted by Crippen LogP contribution is -1.93. The van der Waals surface area contributed by atoms with E-state index in [9.17, 15) is 0 Å². The molecule has 100 valence electrons. The van der Waals surface area contributed by atoms with Gasteiger partial charge in [0.1, 0.15) is 11.5 Å². The summed E-state index contributed by atoms with van der Waals surface area (Å²) in [7, 11) is 0. The highest BCUT2D eigenvalue weighted by molar-refractivity contribution is 6.31. The van der Waals surface area contributed by atoms with Gasteiger partial charge in [-0.1, -0.05) is 49.7 Å². The Kier molecular flexibility index (Phi) is 4.86. The van der Waals surface area contributed by atoms with Gasteiger partial charge in [0.05, 0.1) is 0 Å². The van der Waals surface area contributed by atoms with Crippen LogP contribution in [0, 0.1) is 5.92 Å². The van der Waals surface area contributed by atoms with Crippen LogP contribution in [0.4, 0.5) is 0 Å². The third kappa shape index (κ3) is 4.29. The Morgan fingerprint density at radius 1 is 1.00 bits per heavy atom. The van der Waals surface area contributed by atoms with E-state index in [2.05, 4.69) is 19.9 Å². The molecule has 0 aliphatic carbocycles. The van der Waals surface area contributed by atoms with Crippen LogP contribution in [0.25, 0.3) is 0 Å². The smallest absolute Gasteiger partial charge is 0.128 e. The van der Waals surface area contributed by atoms with Crippen molar-refractivity contribution in [3.05, 3.63) is 59.1 Å². The monoisotopic (exact) mass is 274 g/mol. The maximum Gasteiger partial charge on any atom is 0.128 e. The normalized spacial score (nSPS) is 10.7. The molecule has 19 heavy (non-hydrogen) atoms. The highest BCUT2D eigenvalue weighted by Crippen LogP contribution is 2.27. The molecule has 0 aliphatic heterocycles. The van der Waals surface area contributed by atoms with Crippen molar-refractivity contribution in [2.24, 2.45) is 5.92 Å². The third-order valence-electron chi connectivity index (χ3n) is 2.99. The summed E-state index contributed by atoms with van der Waals surface area (Å²) in [5.74, 6) is 2.30. The van der Waals surface area contributed by atoms with Crippen LogP contribution < -0.4 is 4.74 Å². The number of hydrogen-bond acceptors (Lipinski definition) is 1. The molecule has 0 aromatic heterocycles. The van der Waals surface area contributed by atoms with Gasteiger partial charge in [0.25, 0.3) is 0 Å². The van der Waals surface area contributed by atoms with Gasteiger partial charge in [-0.25, -0.2) is 0 Å². The quantitative estimate of drug-likeness (QED) is 0.677. The van der Waals surface area contributed by atoms with Crippen molar-refractivity contribution in [2.75, 3.05) is 0 Å². The van der Waals surface area contributed by atoms with E-state index >= 15 is 0 Å². The molecule has 1 nitrogen and oxygen atoms in total. The second-order valence-corrected chi connectivity index (χ2v) is 5.51. The Labute approximate surface area is 120 Å². The summed E-state index contributed by atoms with van der Waals surface area (Å²) in [5, 5.41) is 0.786. The lowest BCUT2D eigenvalue weighted by molar-refractivity contribution is 0.482. The number of para-hydroxylation sites is 1. The van der Waals surface area contributed by atoms with E-state index in [1.165, 1.54) is 5.56 Å². The minimum Gasteiger partial charge on any atom is -0.457 e. The molecule has 0 spiro atoms. The van der Waals surface area contributed by atoms with Crippen LogP contribution in [0.1, 0.15) is 25.8 Å². The lowest BCUT2D eigenvalue weighted by Gasteiger charge is -2.10. The SMILES string of the molecule is CC(C)CCc1ccc(Oc2ccccc2)cc1Cl. The lowest BCUT2D eigenvalue weighted by atomic mass is 10.0. The predicted molar refractivity (Wildman–Crippen MR) is 81.1 cm³/mol. The van der Waals surface area contributed by atoms with E-state index in [0.29, 0.717) is 5.92 Å². The van der Waals surface area contributed by atoms with Crippen LogP contribution in [0.2, 0.25) is 5.02 Å². The minimum atomic E-state index is 0.691. The first-order chi connectivity index (χ1) is 9.15. The molecule has 2 heteroatoms. The molecule has 0 saturated carbocycles. The van der Waals surface area contributed by atoms with Gasteiger partial charge < -0.3 is 4.74 Å². The molecule has 2 rings (SSSR count). The third-order valence-corrected chi connectivity index (χ3v) is 3.35. The molecule has 0 amide bonds. The number of ether oxygens (including phenoxy) is 1. The molecule has 0 aliphatic rings. The Morgan fingerprint density at radius 2 is 1.74 bits per heavy atom. The number of rotatable bonds is 5. The van der Waals surface area contributed by atoms with Gasteiger partial charge in [0.2, 0.25) is 0 Å². The fourth-order valence-electron chi connectivity index (χ4n) is 1.86. The van der Waals surface area contributed by atoms with Crippen LogP contribution in [-0.2, 0) is 6.42 Å². The van der Waals surface area contributed by atoms with Crippen molar-refractivity contribution in [1.82, 2.24) is 0 Å². The molecular weight excluding hydrogens is 256 g/mol. The highest BCUT2D eigenvalue weighted by atomic mass is 35.5. The van der Waals surface area contributed by atoms with Crippen LogP contribution in [-0.4, -0.2) is 0 Å². The highest BCUT2D eigenvalue weighted by Gasteiger charge is 2.05. The zero-order valence-corrected chi connectivity index (χ0v) is 12.2. The van der Waals surface area contributed by atoms with Gasteiger partial charge in [-0.3, -0.25) is 0 Å². The first kappa shape index (κ1) is 14.0. The Balaban J connectivity index is 2.06. The van der Waals surface area contributed by atoms with Gasteiger partial charge in [0.15, 0.2) is 0 Å². The molecule has 0 unspecified atom stereocenters. The molecule has 0 N–H and O–H groups in total. The fourth-order valence-corrected chi connectivity index (χ4v) is 2.13. The van der Waals surface area contributed by atoms with Crippen molar-refractivity contribution in [1.29, 1.82) is 0 Å². The molecule has 0 fully saturated rings. The summed E-state index contributed by atoms with van der Waals surface area (Å²) in [5.41, 5.74) is 1.19. The van der Waals surface area contributed by atoms with E-state index in [1.54, 1.807) is 0 Å². The summed E-state index contributed by atoms with van der Waals surface area (Å²) < 4.78 is 5.76. The van der Waals surface area contributed by atoms with E-state index in [-0.39, 0.29) is 0 Å². The Morgan fingerprint density at radius 3 is 2.37 bits per heavy atom. The molecular formula is C17H19ClO. The van der Waals surface area contributed by atoms with Gasteiger partial charge >= 0.3 is 0 Å². The van der Waals surface area contributed by atoms with Crippen molar-refractivity contribution in [2.45, 2.75) is 26.7 Å². The molecule has 0 bridgehead atoms. The van der Waals surface area contributed by atoms with Gasteiger partial charge in [-0.2, -0.15) is 0 Å². The largest absolute Gasteiger partial charge is 0.457 e. The summed E-state index contributed by atoms with van der Waals surface area (Å²) in [6, 6.07) is 15.7. The number of benzene rings is 2. The van der Waals surface area contributed by atoms with Crippen molar-refractivity contribution < 1.29 is 4.74 Å². The fraction of sp³-hybridized carbons (Fsp3) is 0.294. The van der Waals surface area contributed by atoms with Crippen LogP contribution in [0.15, 0.2) is 48.5 Å². The van der Waals surface area contributed by atoms with Crippen LogP contribution in [0.5, 0.6) is 11.5 Å². The van der Waals surface area contributed by atoms with E-state index in [4.69, 9.17) is 16.3 Å². The van der Waals surface area contributed by atoms with Crippen LogP contribution in [0.3, 0.4) is 0 Å². The molecule has 0 saturated heterocycles. The zero-order chi connectivity index (χ0) is 13.7. The predicted octanol–water partition coefficient (Wildman–Crippen LogP) is 5.72. The molecule has 2 aromatic rings. The maximum atomic E-state index is 6.30. The average molecular weight is 275 g/mol. The molecule has 2 aromatic carbocycles. The summed E-state index contributed by atoms with van der Waals surface area (Å²) in [6.45, 7) is 4.45. The second-order valence-electron chi connectivity index (χ2n) is 5.10. The summed E-state index contributed by atoms with van der Waals surface area (Å²) in [4.78, 5) is 0. The van der Waals surface area contributed by atoms with E-state index < -0.39 is 0 Å². The molecule has 0 heterocycles. The molecule has 0 atom stereocenters. The van der Waals surface area contributed by atoms with Crippen molar-refractivity contribution in [3.63, 3.8) is 0 Å². The Hall–Kier alpha value is -1.47. The maximum absolute atomic E-state index is 6.30. The second kappa shape index (κ2) is 6.63. The zero-order valence-electron chi connectivity index (χ0n) is 11.4. The Bertz CT molecular complexity index is 520. The minimum absolute atomic E-state index is 0.691. The van der Waals surface area contributed by atoms with Crippen molar-refractivity contribution >= 4 is 11.6 Å². The van der Waals surface area contributed by atoms with Gasteiger partial charge in [0, 0.05) is 5.02 Å². The average Bonchev–Trinajstić information content (AvgIpc) is 2.39. The number of hydrogen-bond donors (Lipinski definition) is 0. The topological polar surface area (TPSA) is 9.23 Å².